The summed E-state index contributed by atoms with van der Waals surface area (Å²) in [5.41, 5.74) is 2.07. The lowest BCUT2D eigenvalue weighted by Crippen LogP contribution is -2.37. The Balaban J connectivity index is 1.59. The Labute approximate surface area is 129 Å². The number of carbonyl (C=O) groups is 2. The first-order chi connectivity index (χ1) is 10.5. The van der Waals surface area contributed by atoms with Crippen LogP contribution in [0.15, 0.2) is 24.3 Å². The number of amides is 1. The number of hydrogen-bond donors (Lipinski definition) is 2. The van der Waals surface area contributed by atoms with Crippen molar-refractivity contribution >= 4 is 17.6 Å². The van der Waals surface area contributed by atoms with Gasteiger partial charge >= 0.3 is 5.97 Å². The lowest BCUT2D eigenvalue weighted by molar-refractivity contribution is -0.148. The fraction of sp³-hybridized carbons (Fsp3) is 0.556. The van der Waals surface area contributed by atoms with Crippen molar-refractivity contribution in [1.29, 1.82) is 0 Å². The van der Waals surface area contributed by atoms with Gasteiger partial charge in [0.1, 0.15) is 0 Å². The van der Waals surface area contributed by atoms with E-state index >= 15 is 0 Å². The topological polar surface area (TPSA) is 66.4 Å². The summed E-state index contributed by atoms with van der Waals surface area (Å²) in [6.07, 6.45) is 4.22. The SMILES string of the molecule is Cc1ccc(NC(=O)C2C(C(=O)O)C3CCC2C32CC2)cc1. The van der Waals surface area contributed by atoms with Crippen molar-refractivity contribution in [3.8, 4) is 0 Å². The molecule has 0 radical (unpaired) electrons. The fourth-order valence-corrected chi connectivity index (χ4v) is 5.20. The molecule has 1 amide bonds. The van der Waals surface area contributed by atoms with Crippen LogP contribution in [0.25, 0.3) is 0 Å². The Morgan fingerprint density at radius 1 is 1.09 bits per heavy atom. The molecular weight excluding hydrogens is 278 g/mol. The first-order valence-corrected chi connectivity index (χ1v) is 8.13. The van der Waals surface area contributed by atoms with Crippen molar-refractivity contribution in [3.63, 3.8) is 0 Å². The van der Waals surface area contributed by atoms with Gasteiger partial charge in [-0.15, -0.1) is 0 Å². The van der Waals surface area contributed by atoms with Crippen LogP contribution in [0.3, 0.4) is 0 Å². The van der Waals surface area contributed by atoms with Gasteiger partial charge in [0.15, 0.2) is 0 Å². The number of anilines is 1. The van der Waals surface area contributed by atoms with Gasteiger partial charge in [-0.05, 0) is 62.0 Å². The summed E-state index contributed by atoms with van der Waals surface area (Å²) < 4.78 is 0. The molecule has 2 bridgehead atoms. The van der Waals surface area contributed by atoms with Gasteiger partial charge in [-0.25, -0.2) is 0 Å². The minimum absolute atomic E-state index is 0.102. The zero-order valence-electron chi connectivity index (χ0n) is 12.7. The Morgan fingerprint density at radius 2 is 1.68 bits per heavy atom. The minimum atomic E-state index is -0.789. The van der Waals surface area contributed by atoms with E-state index in [2.05, 4.69) is 5.32 Å². The van der Waals surface area contributed by atoms with Crippen LogP contribution in [0.1, 0.15) is 31.2 Å². The summed E-state index contributed by atoms with van der Waals surface area (Å²) in [4.78, 5) is 24.5. The maximum atomic E-state index is 12.7. The number of carboxylic acid groups (broad SMARTS) is 1. The molecule has 2 N–H and O–H groups in total. The van der Waals surface area contributed by atoms with Crippen molar-refractivity contribution < 1.29 is 14.7 Å². The lowest BCUT2D eigenvalue weighted by atomic mass is 9.78. The quantitative estimate of drug-likeness (QED) is 0.901. The lowest BCUT2D eigenvalue weighted by Gasteiger charge is -2.26. The fourth-order valence-electron chi connectivity index (χ4n) is 5.20. The molecule has 0 aliphatic heterocycles. The smallest absolute Gasteiger partial charge is 0.307 e. The van der Waals surface area contributed by atoms with Gasteiger partial charge in [0.05, 0.1) is 11.8 Å². The maximum Gasteiger partial charge on any atom is 0.307 e. The van der Waals surface area contributed by atoms with Crippen LogP contribution in [0.4, 0.5) is 5.69 Å². The maximum absolute atomic E-state index is 12.7. The number of nitrogens with one attached hydrogen (secondary N) is 1. The number of rotatable bonds is 3. The summed E-state index contributed by atoms with van der Waals surface area (Å²) in [6, 6.07) is 7.66. The molecule has 0 heterocycles. The average Bonchev–Trinajstić information content (AvgIpc) is 3.15. The summed E-state index contributed by atoms with van der Waals surface area (Å²) in [5, 5.41) is 12.6. The molecule has 3 fully saturated rings. The summed E-state index contributed by atoms with van der Waals surface area (Å²) in [5.74, 6) is -1.27. The highest BCUT2D eigenvalue weighted by Gasteiger charge is 2.71. The van der Waals surface area contributed by atoms with E-state index in [-0.39, 0.29) is 29.1 Å². The highest BCUT2D eigenvalue weighted by atomic mass is 16.4. The van der Waals surface area contributed by atoms with E-state index < -0.39 is 11.9 Å². The van der Waals surface area contributed by atoms with E-state index in [9.17, 15) is 14.7 Å². The molecule has 116 valence electrons. The molecule has 1 aromatic rings. The van der Waals surface area contributed by atoms with E-state index in [4.69, 9.17) is 0 Å². The normalized spacial score (nSPS) is 33.9. The molecule has 0 saturated heterocycles. The van der Waals surface area contributed by atoms with Gasteiger partial charge < -0.3 is 10.4 Å². The van der Waals surface area contributed by atoms with Crippen molar-refractivity contribution in [2.24, 2.45) is 29.1 Å². The molecule has 4 unspecified atom stereocenters. The summed E-state index contributed by atoms with van der Waals surface area (Å²) >= 11 is 0. The van der Waals surface area contributed by atoms with Crippen LogP contribution < -0.4 is 5.32 Å². The average molecular weight is 299 g/mol. The highest BCUT2D eigenvalue weighted by molar-refractivity contribution is 5.96. The summed E-state index contributed by atoms with van der Waals surface area (Å²) in [6.45, 7) is 2.00. The molecule has 3 aliphatic carbocycles. The Bertz CT molecular complexity index is 632. The Kier molecular flexibility index (Phi) is 2.87. The molecule has 4 heteroatoms. The minimum Gasteiger partial charge on any atom is -0.481 e. The third kappa shape index (κ3) is 1.82. The summed E-state index contributed by atoms with van der Waals surface area (Å²) in [7, 11) is 0. The third-order valence-corrected chi connectivity index (χ3v) is 6.25. The molecular formula is C18H21NO3. The Morgan fingerprint density at radius 3 is 2.23 bits per heavy atom. The van der Waals surface area contributed by atoms with E-state index in [0.29, 0.717) is 0 Å². The molecule has 1 aromatic carbocycles. The number of benzene rings is 1. The van der Waals surface area contributed by atoms with Gasteiger partial charge in [0, 0.05) is 5.69 Å². The van der Waals surface area contributed by atoms with Crippen molar-refractivity contribution in [2.45, 2.75) is 32.6 Å². The number of aryl methyl sites for hydroxylation is 1. The van der Waals surface area contributed by atoms with Gasteiger partial charge in [-0.3, -0.25) is 9.59 Å². The first-order valence-electron chi connectivity index (χ1n) is 8.13. The second kappa shape index (κ2) is 4.58. The number of hydrogen-bond acceptors (Lipinski definition) is 2. The molecule has 3 saturated carbocycles. The van der Waals surface area contributed by atoms with E-state index in [1.54, 1.807) is 0 Å². The highest BCUT2D eigenvalue weighted by Crippen LogP contribution is 2.74. The molecule has 3 aliphatic rings. The van der Waals surface area contributed by atoms with Crippen LogP contribution in [0.2, 0.25) is 0 Å². The van der Waals surface area contributed by atoms with E-state index in [1.807, 2.05) is 31.2 Å². The molecule has 4 atom stereocenters. The molecule has 4 nitrogen and oxygen atoms in total. The van der Waals surface area contributed by atoms with Crippen LogP contribution >= 0.6 is 0 Å². The molecule has 4 rings (SSSR count). The Hall–Kier alpha value is -1.84. The monoisotopic (exact) mass is 299 g/mol. The second-order valence-corrected chi connectivity index (χ2v) is 7.27. The zero-order chi connectivity index (χ0) is 15.5. The van der Waals surface area contributed by atoms with Crippen molar-refractivity contribution in [2.75, 3.05) is 5.32 Å². The van der Waals surface area contributed by atoms with Crippen molar-refractivity contribution in [3.05, 3.63) is 29.8 Å². The number of aliphatic carboxylic acids is 1. The predicted molar refractivity (Wildman–Crippen MR) is 82.3 cm³/mol. The van der Waals surface area contributed by atoms with Crippen molar-refractivity contribution in [1.82, 2.24) is 0 Å². The second-order valence-electron chi connectivity index (χ2n) is 7.27. The standard InChI is InChI=1S/C18H21NO3/c1-10-2-4-11(5-3-10)19-16(20)14-12-6-7-13(15(14)17(21)22)18(12)8-9-18/h2-5,12-15H,6-9H2,1H3,(H,19,20)(H,21,22). The molecule has 1 spiro atoms. The predicted octanol–water partition coefficient (Wildman–Crippen LogP) is 3.07. The van der Waals surface area contributed by atoms with Crippen LogP contribution in [0.5, 0.6) is 0 Å². The number of carbonyl (C=O) groups excluding carboxylic acids is 1. The largest absolute Gasteiger partial charge is 0.481 e. The van der Waals surface area contributed by atoms with Gasteiger partial charge in [0.2, 0.25) is 5.91 Å². The third-order valence-electron chi connectivity index (χ3n) is 6.25. The van der Waals surface area contributed by atoms with E-state index in [1.165, 1.54) is 0 Å². The van der Waals surface area contributed by atoms with Gasteiger partial charge in [-0.1, -0.05) is 17.7 Å². The van der Waals surface area contributed by atoms with Gasteiger partial charge in [0.25, 0.3) is 0 Å². The van der Waals surface area contributed by atoms with Crippen LogP contribution in [-0.4, -0.2) is 17.0 Å². The van der Waals surface area contributed by atoms with E-state index in [0.717, 1.165) is 36.9 Å². The molecule has 22 heavy (non-hydrogen) atoms. The zero-order valence-corrected chi connectivity index (χ0v) is 12.7. The first kappa shape index (κ1) is 13.8. The van der Waals surface area contributed by atoms with Gasteiger partial charge in [-0.2, -0.15) is 0 Å². The van der Waals surface area contributed by atoms with Crippen LogP contribution in [-0.2, 0) is 9.59 Å². The van der Waals surface area contributed by atoms with Crippen LogP contribution in [0, 0.1) is 36.0 Å². The molecule has 0 aromatic heterocycles. The number of carboxylic acids is 1.